The van der Waals surface area contributed by atoms with Gasteiger partial charge < -0.3 is 4.90 Å². The number of nitrogens with zero attached hydrogens (tertiary/aromatic N) is 1. The van der Waals surface area contributed by atoms with Crippen molar-refractivity contribution in [2.24, 2.45) is 11.8 Å². The molecule has 2 rings (SSSR count). The number of nitrogens with one attached hydrogen (secondary N) is 1. The Balaban J connectivity index is 2.61. The van der Waals surface area contributed by atoms with Crippen LogP contribution in [0.4, 0.5) is 5.69 Å². The zero-order valence-corrected chi connectivity index (χ0v) is 14.6. The van der Waals surface area contributed by atoms with Gasteiger partial charge in [0.05, 0.1) is 0 Å². The number of benzene rings is 1. The van der Waals surface area contributed by atoms with E-state index >= 15 is 0 Å². The van der Waals surface area contributed by atoms with Crippen molar-refractivity contribution >= 4 is 11.6 Å². The van der Waals surface area contributed by atoms with Crippen LogP contribution in [0, 0.1) is 12.8 Å². The van der Waals surface area contributed by atoms with Crippen LogP contribution in [0.2, 0.25) is 0 Å². The first-order valence-electron chi connectivity index (χ1n) is 8.09. The molecule has 0 radical (unpaired) electrons. The lowest BCUT2D eigenvalue weighted by molar-refractivity contribution is -0.123. The molecule has 1 heterocycles. The molecule has 0 spiro atoms. The van der Waals surface area contributed by atoms with Crippen LogP contribution >= 0.6 is 0 Å². The predicted molar refractivity (Wildman–Crippen MR) is 91.7 cm³/mol. The van der Waals surface area contributed by atoms with Gasteiger partial charge in [0.15, 0.2) is 0 Å². The average Bonchev–Trinajstić information content (AvgIpc) is 2.42. The quantitative estimate of drug-likeness (QED) is 0.512. The zero-order chi connectivity index (χ0) is 16.7. The van der Waals surface area contributed by atoms with Crippen LogP contribution in [0.15, 0.2) is 18.2 Å². The highest BCUT2D eigenvalue weighted by molar-refractivity contribution is 5.86. The van der Waals surface area contributed by atoms with E-state index in [0.29, 0.717) is 5.92 Å². The number of rotatable bonds is 3. The van der Waals surface area contributed by atoms with Gasteiger partial charge in [-0.1, -0.05) is 38.5 Å². The normalized spacial score (nSPS) is 21.5. The van der Waals surface area contributed by atoms with Gasteiger partial charge in [-0.25, -0.2) is 5.84 Å². The molecule has 122 valence electrons. The third-order valence-electron chi connectivity index (χ3n) is 4.75. The summed E-state index contributed by atoms with van der Waals surface area (Å²) < 4.78 is 0. The van der Waals surface area contributed by atoms with Crippen molar-refractivity contribution in [3.05, 3.63) is 29.3 Å². The lowest BCUT2D eigenvalue weighted by atomic mass is 9.77. The average molecular weight is 303 g/mol. The molecule has 0 saturated heterocycles. The third kappa shape index (κ3) is 2.84. The Hall–Kier alpha value is -1.55. The molecule has 0 aromatic heterocycles. The molecule has 1 aliphatic heterocycles. The maximum Gasteiger partial charge on any atom is 0.256 e. The second-order valence-corrected chi connectivity index (χ2v) is 7.55. The Bertz CT molecular complexity index is 565. The molecule has 22 heavy (non-hydrogen) atoms. The summed E-state index contributed by atoms with van der Waals surface area (Å²) in [5.41, 5.74) is 6.01. The summed E-state index contributed by atoms with van der Waals surface area (Å²) in [6.07, 6.45) is 1.02. The van der Waals surface area contributed by atoms with Gasteiger partial charge >= 0.3 is 0 Å². The second kappa shape index (κ2) is 5.92. The Labute approximate surface area is 134 Å². The summed E-state index contributed by atoms with van der Waals surface area (Å²) in [6, 6.07) is 6.26. The maximum atomic E-state index is 12.4. The number of anilines is 1. The van der Waals surface area contributed by atoms with Crippen molar-refractivity contribution in [3.8, 4) is 0 Å². The number of nitrogens with two attached hydrogens (primary N) is 1. The first kappa shape index (κ1) is 16.8. The lowest BCUT2D eigenvalue weighted by Gasteiger charge is -2.51. The number of amides is 1. The van der Waals surface area contributed by atoms with Crippen molar-refractivity contribution in [1.29, 1.82) is 0 Å². The van der Waals surface area contributed by atoms with Crippen LogP contribution < -0.4 is 16.2 Å². The number of hydrogen-bond acceptors (Lipinski definition) is 3. The van der Waals surface area contributed by atoms with E-state index in [-0.39, 0.29) is 23.4 Å². The standard InChI is InChI=1S/C18H29N3O/c1-11(2)16(17(22)20-19)21-15-8-7-12(3)9-14(15)13(4)10-18(21,5)6/h7-9,11,13,16H,10,19H2,1-6H3,(H,20,22)/t13-,16+/m0/s1. The van der Waals surface area contributed by atoms with Crippen LogP contribution in [-0.2, 0) is 4.79 Å². The molecule has 3 N–H and O–H groups in total. The minimum atomic E-state index is -0.269. The first-order valence-corrected chi connectivity index (χ1v) is 8.09. The number of aryl methyl sites for hydroxylation is 1. The second-order valence-electron chi connectivity index (χ2n) is 7.55. The summed E-state index contributed by atoms with van der Waals surface area (Å²) in [6.45, 7) is 13.0. The molecular formula is C18H29N3O. The summed E-state index contributed by atoms with van der Waals surface area (Å²) in [5, 5.41) is 0. The van der Waals surface area contributed by atoms with Crippen LogP contribution in [0.1, 0.15) is 58.1 Å². The van der Waals surface area contributed by atoms with Gasteiger partial charge in [0.1, 0.15) is 6.04 Å². The summed E-state index contributed by atoms with van der Waals surface area (Å²) in [4.78, 5) is 14.7. The van der Waals surface area contributed by atoms with Crippen LogP contribution in [0.3, 0.4) is 0 Å². The third-order valence-corrected chi connectivity index (χ3v) is 4.75. The van der Waals surface area contributed by atoms with E-state index < -0.39 is 0 Å². The summed E-state index contributed by atoms with van der Waals surface area (Å²) >= 11 is 0. The fraction of sp³-hybridized carbons (Fsp3) is 0.611. The Morgan fingerprint density at radius 3 is 2.59 bits per heavy atom. The highest BCUT2D eigenvalue weighted by Gasteiger charge is 2.43. The molecule has 0 unspecified atom stereocenters. The monoisotopic (exact) mass is 303 g/mol. The summed E-state index contributed by atoms with van der Waals surface area (Å²) in [7, 11) is 0. The molecule has 0 aliphatic carbocycles. The smallest absolute Gasteiger partial charge is 0.256 e. The number of carbonyl (C=O) groups excluding carboxylic acids is 1. The molecule has 1 amide bonds. The van der Waals surface area contributed by atoms with Crippen LogP contribution in [-0.4, -0.2) is 17.5 Å². The molecule has 1 aromatic rings. The SMILES string of the molecule is Cc1ccc2c(c1)[C@@H](C)CC(C)(C)N2[C@@H](C(=O)NN)C(C)C. The number of hydrogen-bond donors (Lipinski definition) is 2. The van der Waals surface area contributed by atoms with Gasteiger partial charge in [-0.2, -0.15) is 0 Å². The van der Waals surface area contributed by atoms with E-state index in [9.17, 15) is 4.79 Å². The molecule has 0 fully saturated rings. The van der Waals surface area contributed by atoms with E-state index in [2.05, 4.69) is 70.1 Å². The van der Waals surface area contributed by atoms with Crippen LogP contribution in [0.25, 0.3) is 0 Å². The highest BCUT2D eigenvalue weighted by Crippen LogP contribution is 2.45. The predicted octanol–water partition coefficient (Wildman–Crippen LogP) is 3.10. The van der Waals surface area contributed by atoms with Crippen molar-refractivity contribution in [2.75, 3.05) is 4.90 Å². The topological polar surface area (TPSA) is 58.4 Å². The van der Waals surface area contributed by atoms with Gasteiger partial charge in [-0.15, -0.1) is 0 Å². The van der Waals surface area contributed by atoms with E-state index in [1.165, 1.54) is 11.1 Å². The lowest BCUT2D eigenvalue weighted by Crippen LogP contribution is -2.61. The molecular weight excluding hydrogens is 274 g/mol. The zero-order valence-electron chi connectivity index (χ0n) is 14.6. The molecule has 2 atom stereocenters. The number of fused-ring (bicyclic) bond motifs is 1. The van der Waals surface area contributed by atoms with E-state index in [0.717, 1.165) is 12.1 Å². The molecule has 4 heteroatoms. The Morgan fingerprint density at radius 1 is 1.41 bits per heavy atom. The molecule has 0 bridgehead atoms. The molecule has 1 aliphatic rings. The van der Waals surface area contributed by atoms with Crippen LogP contribution in [0.5, 0.6) is 0 Å². The van der Waals surface area contributed by atoms with Crippen molar-refractivity contribution < 1.29 is 4.79 Å². The molecule has 1 aromatic carbocycles. The van der Waals surface area contributed by atoms with Crippen molar-refractivity contribution in [1.82, 2.24) is 5.43 Å². The van der Waals surface area contributed by atoms with E-state index in [1.54, 1.807) is 0 Å². The van der Waals surface area contributed by atoms with Crippen molar-refractivity contribution in [2.45, 2.75) is 65.5 Å². The highest BCUT2D eigenvalue weighted by atomic mass is 16.2. The van der Waals surface area contributed by atoms with Gasteiger partial charge in [-0.3, -0.25) is 10.2 Å². The Kier molecular flexibility index (Phi) is 4.52. The fourth-order valence-corrected chi connectivity index (χ4v) is 3.90. The van der Waals surface area contributed by atoms with E-state index in [1.807, 2.05) is 0 Å². The number of hydrazine groups is 1. The number of carbonyl (C=O) groups is 1. The Morgan fingerprint density at radius 2 is 2.05 bits per heavy atom. The fourth-order valence-electron chi connectivity index (χ4n) is 3.90. The molecule has 0 saturated carbocycles. The first-order chi connectivity index (χ1) is 10.2. The van der Waals surface area contributed by atoms with Gasteiger partial charge in [0.25, 0.3) is 5.91 Å². The summed E-state index contributed by atoms with van der Waals surface area (Å²) in [5.74, 6) is 5.98. The minimum Gasteiger partial charge on any atom is -0.354 e. The largest absolute Gasteiger partial charge is 0.354 e. The molecule has 4 nitrogen and oxygen atoms in total. The van der Waals surface area contributed by atoms with E-state index in [4.69, 9.17) is 5.84 Å². The van der Waals surface area contributed by atoms with Crippen molar-refractivity contribution in [3.63, 3.8) is 0 Å². The minimum absolute atomic E-state index is 0.0941. The van der Waals surface area contributed by atoms with Gasteiger partial charge in [-0.05, 0) is 50.7 Å². The van der Waals surface area contributed by atoms with Gasteiger partial charge in [0, 0.05) is 11.2 Å². The van der Waals surface area contributed by atoms with Gasteiger partial charge in [0.2, 0.25) is 0 Å². The maximum absolute atomic E-state index is 12.4.